The van der Waals surface area contributed by atoms with E-state index in [0.717, 1.165) is 5.56 Å². The summed E-state index contributed by atoms with van der Waals surface area (Å²) < 4.78 is 12.2. The molecule has 0 aliphatic heterocycles. The number of esters is 1. The Hall–Kier alpha value is -2.81. The van der Waals surface area contributed by atoms with Crippen LogP contribution in [-0.2, 0) is 20.9 Å². The molecule has 1 aromatic carbocycles. The van der Waals surface area contributed by atoms with Crippen molar-refractivity contribution in [1.29, 1.82) is 0 Å². The fraction of sp³-hybridized carbons (Fsp3) is 0.400. The monoisotopic (exact) mass is 418 g/mol. The van der Waals surface area contributed by atoms with Crippen LogP contribution in [0.4, 0.5) is 0 Å². The van der Waals surface area contributed by atoms with Gasteiger partial charge in [-0.2, -0.15) is 0 Å². The molecule has 0 aliphatic carbocycles. The van der Waals surface area contributed by atoms with Crippen LogP contribution in [0.2, 0.25) is 0 Å². The van der Waals surface area contributed by atoms with Crippen LogP contribution in [0.3, 0.4) is 0 Å². The van der Waals surface area contributed by atoms with Gasteiger partial charge in [-0.05, 0) is 25.5 Å². The van der Waals surface area contributed by atoms with Crippen LogP contribution in [0, 0.1) is 0 Å². The van der Waals surface area contributed by atoms with Crippen molar-refractivity contribution < 1.29 is 19.1 Å². The quantitative estimate of drug-likeness (QED) is 0.245. The highest BCUT2D eigenvalue weighted by molar-refractivity contribution is 7.99. The summed E-state index contributed by atoms with van der Waals surface area (Å²) in [6.07, 6.45) is 2.58. The second kappa shape index (κ2) is 11.9. The molecule has 1 aromatic heterocycles. The third-order valence-electron chi connectivity index (χ3n) is 3.89. The molecule has 0 spiro atoms. The second-order valence-electron chi connectivity index (χ2n) is 5.95. The molecule has 0 unspecified atom stereocenters. The fourth-order valence-electron chi connectivity index (χ4n) is 2.59. The molecule has 2 aromatic rings. The molecule has 0 fully saturated rings. The van der Waals surface area contributed by atoms with Gasteiger partial charge in [0.2, 0.25) is 5.91 Å². The predicted molar refractivity (Wildman–Crippen MR) is 112 cm³/mol. The first-order chi connectivity index (χ1) is 14.1. The summed E-state index contributed by atoms with van der Waals surface area (Å²) >= 11 is 1.29. The molecule has 0 bridgehead atoms. The smallest absolute Gasteiger partial charge is 0.305 e. The molecule has 0 saturated carbocycles. The molecule has 29 heavy (non-hydrogen) atoms. The standard InChI is InChI=1S/C20H26N4O4S/c1-4-13-24-19(15-9-6-7-10-16(15)27-3)22-23-20(24)29-14-17(25)21-12-8-11-18(26)28-5-2/h4,6-7,9-10H,1,5,8,11-14H2,2-3H3,(H,21,25). The van der Waals surface area contributed by atoms with Gasteiger partial charge in [0, 0.05) is 19.5 Å². The summed E-state index contributed by atoms with van der Waals surface area (Å²) in [5.74, 6) is 1.16. The lowest BCUT2D eigenvalue weighted by molar-refractivity contribution is -0.143. The maximum atomic E-state index is 12.1. The van der Waals surface area contributed by atoms with E-state index in [9.17, 15) is 9.59 Å². The SMILES string of the molecule is C=CCn1c(SCC(=O)NCCCC(=O)OCC)nnc1-c1ccccc1OC. The largest absolute Gasteiger partial charge is 0.496 e. The summed E-state index contributed by atoms with van der Waals surface area (Å²) in [7, 11) is 1.61. The van der Waals surface area contributed by atoms with Gasteiger partial charge in [-0.15, -0.1) is 16.8 Å². The summed E-state index contributed by atoms with van der Waals surface area (Å²) in [6.45, 7) is 6.85. The number of hydrogen-bond donors (Lipinski definition) is 1. The number of nitrogens with one attached hydrogen (secondary N) is 1. The highest BCUT2D eigenvalue weighted by Gasteiger charge is 2.17. The van der Waals surface area contributed by atoms with E-state index in [4.69, 9.17) is 9.47 Å². The van der Waals surface area contributed by atoms with Crippen LogP contribution < -0.4 is 10.1 Å². The Morgan fingerprint density at radius 1 is 1.31 bits per heavy atom. The number of allylic oxidation sites excluding steroid dienone is 1. The lowest BCUT2D eigenvalue weighted by atomic mass is 10.2. The number of carbonyl (C=O) groups excluding carboxylic acids is 2. The van der Waals surface area contributed by atoms with Gasteiger partial charge in [-0.3, -0.25) is 14.2 Å². The fourth-order valence-corrected chi connectivity index (χ4v) is 3.37. The first-order valence-electron chi connectivity index (χ1n) is 9.33. The third kappa shape index (κ3) is 6.63. The van der Waals surface area contributed by atoms with E-state index in [1.807, 2.05) is 28.8 Å². The van der Waals surface area contributed by atoms with Gasteiger partial charge in [0.25, 0.3) is 0 Å². The minimum Gasteiger partial charge on any atom is -0.496 e. The topological polar surface area (TPSA) is 95.3 Å². The molecule has 8 nitrogen and oxygen atoms in total. The van der Waals surface area contributed by atoms with Crippen molar-refractivity contribution in [2.24, 2.45) is 0 Å². The van der Waals surface area contributed by atoms with Crippen LogP contribution in [0.1, 0.15) is 19.8 Å². The molecule has 9 heteroatoms. The van der Waals surface area contributed by atoms with E-state index >= 15 is 0 Å². The number of rotatable bonds is 12. The highest BCUT2D eigenvalue weighted by Crippen LogP contribution is 2.30. The Kier molecular flexibility index (Phi) is 9.23. The Labute approximate surface area is 174 Å². The Bertz CT molecular complexity index is 838. The molecule has 1 N–H and O–H groups in total. The van der Waals surface area contributed by atoms with Crippen molar-refractivity contribution in [1.82, 2.24) is 20.1 Å². The Morgan fingerprint density at radius 2 is 2.10 bits per heavy atom. The van der Waals surface area contributed by atoms with E-state index in [-0.39, 0.29) is 24.1 Å². The predicted octanol–water partition coefficient (Wildman–Crippen LogP) is 2.69. The van der Waals surface area contributed by atoms with Gasteiger partial charge >= 0.3 is 5.97 Å². The zero-order valence-electron chi connectivity index (χ0n) is 16.7. The minimum atomic E-state index is -0.252. The minimum absolute atomic E-state index is 0.133. The number of amides is 1. The number of benzene rings is 1. The van der Waals surface area contributed by atoms with Gasteiger partial charge in [-0.1, -0.05) is 30.0 Å². The van der Waals surface area contributed by atoms with E-state index in [2.05, 4.69) is 22.1 Å². The first kappa shape index (κ1) is 22.5. The van der Waals surface area contributed by atoms with Crippen molar-refractivity contribution in [3.05, 3.63) is 36.9 Å². The van der Waals surface area contributed by atoms with Gasteiger partial charge in [0.05, 0.1) is 25.0 Å². The molecule has 156 valence electrons. The van der Waals surface area contributed by atoms with Crippen molar-refractivity contribution in [2.45, 2.75) is 31.5 Å². The van der Waals surface area contributed by atoms with Crippen molar-refractivity contribution in [3.63, 3.8) is 0 Å². The van der Waals surface area contributed by atoms with Gasteiger partial charge in [-0.25, -0.2) is 0 Å². The van der Waals surface area contributed by atoms with Crippen LogP contribution >= 0.6 is 11.8 Å². The maximum absolute atomic E-state index is 12.1. The number of aromatic nitrogens is 3. The van der Waals surface area contributed by atoms with E-state index in [1.54, 1.807) is 20.1 Å². The van der Waals surface area contributed by atoms with E-state index in [0.29, 0.717) is 42.8 Å². The van der Waals surface area contributed by atoms with Gasteiger partial charge in [0.15, 0.2) is 11.0 Å². The maximum Gasteiger partial charge on any atom is 0.305 e. The molecule has 0 saturated heterocycles. The number of hydrogen-bond acceptors (Lipinski definition) is 7. The molecule has 0 aliphatic rings. The summed E-state index contributed by atoms with van der Waals surface area (Å²) in [5.41, 5.74) is 0.819. The zero-order valence-corrected chi connectivity index (χ0v) is 17.5. The normalized spacial score (nSPS) is 10.4. The summed E-state index contributed by atoms with van der Waals surface area (Å²) in [6, 6.07) is 7.56. The van der Waals surface area contributed by atoms with Crippen LogP contribution in [0.15, 0.2) is 42.1 Å². The summed E-state index contributed by atoms with van der Waals surface area (Å²) in [4.78, 5) is 23.4. The third-order valence-corrected chi connectivity index (χ3v) is 4.86. The summed E-state index contributed by atoms with van der Waals surface area (Å²) in [5, 5.41) is 11.9. The zero-order chi connectivity index (χ0) is 21.1. The number of ether oxygens (including phenoxy) is 2. The average Bonchev–Trinajstić information content (AvgIpc) is 3.12. The van der Waals surface area contributed by atoms with Gasteiger partial charge in [0.1, 0.15) is 5.75 Å². The number of thioether (sulfide) groups is 1. The van der Waals surface area contributed by atoms with Crippen LogP contribution in [-0.4, -0.2) is 52.7 Å². The van der Waals surface area contributed by atoms with E-state index < -0.39 is 0 Å². The molecular weight excluding hydrogens is 392 g/mol. The Balaban J connectivity index is 1.95. The Morgan fingerprint density at radius 3 is 2.83 bits per heavy atom. The van der Waals surface area contributed by atoms with E-state index in [1.165, 1.54) is 11.8 Å². The highest BCUT2D eigenvalue weighted by atomic mass is 32.2. The number of para-hydroxylation sites is 1. The molecular formula is C20H26N4O4S. The first-order valence-corrected chi connectivity index (χ1v) is 10.3. The molecule has 0 atom stereocenters. The molecule has 0 radical (unpaired) electrons. The average molecular weight is 419 g/mol. The van der Waals surface area contributed by atoms with Gasteiger partial charge < -0.3 is 14.8 Å². The number of carbonyl (C=O) groups is 2. The van der Waals surface area contributed by atoms with Crippen molar-refractivity contribution in [2.75, 3.05) is 26.0 Å². The van der Waals surface area contributed by atoms with Crippen LogP contribution in [0.25, 0.3) is 11.4 Å². The lowest BCUT2D eigenvalue weighted by Crippen LogP contribution is -2.26. The molecule has 2 rings (SSSR count). The number of methoxy groups -OCH3 is 1. The van der Waals surface area contributed by atoms with Crippen LogP contribution in [0.5, 0.6) is 5.75 Å². The van der Waals surface area contributed by atoms with Crippen molar-refractivity contribution >= 4 is 23.6 Å². The molecule has 1 amide bonds. The lowest BCUT2D eigenvalue weighted by Gasteiger charge is -2.10. The second-order valence-corrected chi connectivity index (χ2v) is 6.90. The number of nitrogens with zero attached hydrogens (tertiary/aromatic N) is 3. The van der Waals surface area contributed by atoms with Crippen molar-refractivity contribution in [3.8, 4) is 17.1 Å². The molecule has 1 heterocycles.